The van der Waals surface area contributed by atoms with Crippen LogP contribution in [0.5, 0.6) is 0 Å². The second-order valence-corrected chi connectivity index (χ2v) is 5.99. The highest BCUT2D eigenvalue weighted by atomic mass is 35.6. The Bertz CT molecular complexity index is 94.7. The Morgan fingerprint density at radius 2 is 1.07 bits per heavy atom. The molecule has 0 spiro atoms. The van der Waals surface area contributed by atoms with Crippen LogP contribution >= 0.6 is 11.1 Å². The summed E-state index contributed by atoms with van der Waals surface area (Å²) in [4.78, 5) is 0. The Morgan fingerprint density at radius 3 is 1.47 bits per heavy atom. The normalized spacial score (nSPS) is 10.8. The summed E-state index contributed by atoms with van der Waals surface area (Å²) in [6, 6.07) is 1.23. The van der Waals surface area contributed by atoms with Crippen molar-refractivity contribution in [3.8, 4) is 0 Å². The molecule has 0 aliphatic carbocycles. The maximum atomic E-state index is 5.65. The second-order valence-electron chi connectivity index (χ2n) is 4.42. The van der Waals surface area contributed by atoms with Crippen molar-refractivity contribution in [3.05, 3.63) is 0 Å². The SMILES string of the molecule is CCCCCCCCCCCCC[Si]Cl. The van der Waals surface area contributed by atoms with Gasteiger partial charge in [-0.05, 0) is 6.04 Å². The molecule has 0 fully saturated rings. The van der Waals surface area contributed by atoms with Gasteiger partial charge in [0.2, 0.25) is 0 Å². The number of halogens is 1. The Balaban J connectivity index is 2.81. The molecule has 0 aromatic heterocycles. The van der Waals surface area contributed by atoms with Crippen molar-refractivity contribution in [2.24, 2.45) is 0 Å². The van der Waals surface area contributed by atoms with Crippen molar-refractivity contribution in [2.45, 2.75) is 83.6 Å². The molecule has 0 aromatic rings. The summed E-state index contributed by atoms with van der Waals surface area (Å²) in [6.45, 7) is 2.28. The molecular formula is C13H27ClSi. The van der Waals surface area contributed by atoms with Crippen LogP contribution in [0.25, 0.3) is 0 Å². The summed E-state index contributed by atoms with van der Waals surface area (Å²) in [5, 5.41) is 0. The molecule has 0 aromatic carbocycles. The Labute approximate surface area is 104 Å². The zero-order valence-electron chi connectivity index (χ0n) is 10.4. The molecule has 0 saturated carbocycles. The summed E-state index contributed by atoms with van der Waals surface area (Å²) in [5.41, 5.74) is 0. The number of hydrogen-bond acceptors (Lipinski definition) is 0. The minimum atomic E-state index is 0.642. The topological polar surface area (TPSA) is 0 Å². The molecule has 0 saturated heterocycles. The van der Waals surface area contributed by atoms with Crippen LogP contribution in [0.2, 0.25) is 6.04 Å². The molecule has 0 atom stereocenters. The molecule has 90 valence electrons. The fourth-order valence-electron chi connectivity index (χ4n) is 1.86. The predicted octanol–water partition coefficient (Wildman–Crippen LogP) is 5.57. The van der Waals surface area contributed by atoms with Gasteiger partial charge in [-0.1, -0.05) is 77.6 Å². The monoisotopic (exact) mass is 246 g/mol. The minimum Gasteiger partial charge on any atom is -0.171 e. The largest absolute Gasteiger partial charge is 0.171 e. The van der Waals surface area contributed by atoms with Gasteiger partial charge >= 0.3 is 0 Å². The fraction of sp³-hybridized carbons (Fsp3) is 1.00. The van der Waals surface area contributed by atoms with Crippen molar-refractivity contribution in [1.29, 1.82) is 0 Å². The predicted molar refractivity (Wildman–Crippen MR) is 72.9 cm³/mol. The lowest BCUT2D eigenvalue weighted by molar-refractivity contribution is 0.554. The highest BCUT2D eigenvalue weighted by Gasteiger charge is 1.92. The lowest BCUT2D eigenvalue weighted by Crippen LogP contribution is -1.83. The maximum Gasteiger partial charge on any atom is 0.171 e. The fourth-order valence-corrected chi connectivity index (χ4v) is 2.64. The molecule has 15 heavy (non-hydrogen) atoms. The molecule has 0 bridgehead atoms. The van der Waals surface area contributed by atoms with E-state index in [1.54, 1.807) is 0 Å². The number of rotatable bonds is 12. The van der Waals surface area contributed by atoms with Crippen LogP contribution in [0, 0.1) is 0 Å². The van der Waals surface area contributed by atoms with Crippen molar-refractivity contribution in [1.82, 2.24) is 0 Å². The molecule has 0 aliphatic heterocycles. The maximum absolute atomic E-state index is 5.65. The first-order valence-electron chi connectivity index (χ1n) is 6.75. The van der Waals surface area contributed by atoms with Crippen molar-refractivity contribution in [3.63, 3.8) is 0 Å². The highest BCUT2D eigenvalue weighted by Crippen LogP contribution is 2.11. The third kappa shape index (κ3) is 14.5. The van der Waals surface area contributed by atoms with Crippen LogP contribution in [0.4, 0.5) is 0 Å². The van der Waals surface area contributed by atoms with E-state index < -0.39 is 0 Å². The molecule has 2 radical (unpaired) electrons. The van der Waals surface area contributed by atoms with E-state index in [1.807, 2.05) is 0 Å². The summed E-state index contributed by atoms with van der Waals surface area (Å²) < 4.78 is 0. The van der Waals surface area contributed by atoms with Gasteiger partial charge in [0.25, 0.3) is 0 Å². The van der Waals surface area contributed by atoms with Gasteiger partial charge in [-0.15, -0.1) is 0 Å². The van der Waals surface area contributed by atoms with E-state index in [2.05, 4.69) is 6.92 Å². The van der Waals surface area contributed by atoms with Gasteiger partial charge in [-0.2, -0.15) is 11.1 Å². The van der Waals surface area contributed by atoms with Gasteiger partial charge in [-0.3, -0.25) is 0 Å². The first-order valence-corrected chi connectivity index (χ1v) is 8.97. The molecule has 0 heterocycles. The standard InChI is InChI=1S/C13H27ClSi/c1-2-3-4-5-6-7-8-9-10-11-12-13-15-14/h2-13H2,1H3. The smallest absolute Gasteiger partial charge is 0.171 e. The lowest BCUT2D eigenvalue weighted by atomic mass is 10.1. The summed E-state index contributed by atoms with van der Waals surface area (Å²) >= 11 is 5.65. The first-order chi connectivity index (χ1) is 7.41. The van der Waals surface area contributed by atoms with Crippen molar-refractivity contribution in [2.75, 3.05) is 0 Å². The van der Waals surface area contributed by atoms with Gasteiger partial charge in [0, 0.05) is 0 Å². The Hall–Kier alpha value is 0.507. The summed E-state index contributed by atoms with van der Waals surface area (Å²) in [6.07, 6.45) is 15.7. The van der Waals surface area contributed by atoms with Crippen LogP contribution in [0.1, 0.15) is 77.6 Å². The molecule has 0 aliphatic rings. The average molecular weight is 247 g/mol. The number of hydrogen-bond donors (Lipinski definition) is 0. The van der Waals surface area contributed by atoms with Crippen LogP contribution in [-0.4, -0.2) is 8.83 Å². The van der Waals surface area contributed by atoms with Crippen LogP contribution in [0.15, 0.2) is 0 Å². The van der Waals surface area contributed by atoms with Gasteiger partial charge in [0.1, 0.15) is 0 Å². The molecule has 0 unspecified atom stereocenters. The first kappa shape index (κ1) is 15.5. The minimum absolute atomic E-state index is 0.642. The zero-order valence-corrected chi connectivity index (χ0v) is 12.1. The van der Waals surface area contributed by atoms with E-state index >= 15 is 0 Å². The highest BCUT2D eigenvalue weighted by molar-refractivity contribution is 6.93. The molecule has 0 rings (SSSR count). The summed E-state index contributed by atoms with van der Waals surface area (Å²) in [7, 11) is 0.642. The second kappa shape index (κ2) is 14.5. The van der Waals surface area contributed by atoms with E-state index in [1.165, 1.54) is 76.7 Å². The van der Waals surface area contributed by atoms with E-state index in [0.29, 0.717) is 8.83 Å². The van der Waals surface area contributed by atoms with Crippen molar-refractivity contribution < 1.29 is 0 Å². The van der Waals surface area contributed by atoms with E-state index in [0.717, 1.165) is 0 Å². The average Bonchev–Trinajstić information content (AvgIpc) is 2.26. The molecule has 2 heteroatoms. The number of unbranched alkanes of at least 4 members (excludes halogenated alkanes) is 10. The quantitative estimate of drug-likeness (QED) is 0.240. The van der Waals surface area contributed by atoms with Gasteiger partial charge in [0.05, 0.1) is 0 Å². The van der Waals surface area contributed by atoms with E-state index in [9.17, 15) is 0 Å². The van der Waals surface area contributed by atoms with Gasteiger partial charge in [-0.25, -0.2) is 0 Å². The lowest BCUT2D eigenvalue weighted by Gasteiger charge is -2.01. The van der Waals surface area contributed by atoms with Gasteiger partial charge in [0.15, 0.2) is 8.83 Å². The summed E-state index contributed by atoms with van der Waals surface area (Å²) in [5.74, 6) is 0. The molecule has 0 amide bonds. The molecule has 0 nitrogen and oxygen atoms in total. The molecular weight excluding hydrogens is 220 g/mol. The van der Waals surface area contributed by atoms with Gasteiger partial charge < -0.3 is 0 Å². The van der Waals surface area contributed by atoms with Crippen LogP contribution in [-0.2, 0) is 0 Å². The van der Waals surface area contributed by atoms with Crippen molar-refractivity contribution >= 4 is 19.9 Å². The third-order valence-electron chi connectivity index (χ3n) is 2.87. The third-order valence-corrected chi connectivity index (χ3v) is 3.98. The molecule has 0 N–H and O–H groups in total. The van der Waals surface area contributed by atoms with Crippen LogP contribution < -0.4 is 0 Å². The zero-order chi connectivity index (χ0) is 11.2. The Kier molecular flexibility index (Phi) is 15.0. The van der Waals surface area contributed by atoms with Crippen LogP contribution in [0.3, 0.4) is 0 Å². The Morgan fingerprint density at radius 1 is 0.667 bits per heavy atom. The van der Waals surface area contributed by atoms with E-state index in [4.69, 9.17) is 11.1 Å². The van der Waals surface area contributed by atoms with E-state index in [-0.39, 0.29) is 0 Å².